The smallest absolute Gasteiger partial charge is 0.252 e. The molecule has 1 fully saturated rings. The molecular weight excluding hydrogens is 228 g/mol. The third-order valence-corrected chi connectivity index (χ3v) is 3.17. The minimum absolute atomic E-state index is 0.0566. The van der Waals surface area contributed by atoms with Gasteiger partial charge in [-0.05, 0) is 32.2 Å². The number of hydrogen-bond donors (Lipinski definition) is 2. The van der Waals surface area contributed by atoms with E-state index >= 15 is 0 Å². The van der Waals surface area contributed by atoms with Gasteiger partial charge < -0.3 is 10.2 Å². The third-order valence-electron chi connectivity index (χ3n) is 3.17. The summed E-state index contributed by atoms with van der Waals surface area (Å²) in [5.74, 6) is 0.732. The van der Waals surface area contributed by atoms with E-state index in [4.69, 9.17) is 0 Å². The molecule has 1 aromatic heterocycles. The Kier molecular flexibility index (Phi) is 4.75. The molecule has 5 nitrogen and oxygen atoms in total. The quantitative estimate of drug-likeness (QED) is 0.772. The Morgan fingerprint density at radius 3 is 2.89 bits per heavy atom. The third kappa shape index (κ3) is 3.57. The first-order valence-corrected chi connectivity index (χ1v) is 6.85. The molecule has 1 saturated heterocycles. The molecule has 0 unspecified atom stereocenters. The Bertz CT molecular complexity index is 423. The monoisotopic (exact) mass is 250 g/mol. The maximum absolute atomic E-state index is 11.6. The number of aromatic nitrogens is 2. The Labute approximate surface area is 108 Å². The number of hydrogen-bond acceptors (Lipinski definition) is 4. The maximum Gasteiger partial charge on any atom is 0.252 e. The summed E-state index contributed by atoms with van der Waals surface area (Å²) in [6.07, 6.45) is 4.73. The van der Waals surface area contributed by atoms with E-state index in [-0.39, 0.29) is 5.56 Å². The van der Waals surface area contributed by atoms with Crippen LogP contribution in [0.25, 0.3) is 0 Å². The van der Waals surface area contributed by atoms with Gasteiger partial charge in [0.25, 0.3) is 5.56 Å². The molecule has 0 atom stereocenters. The fraction of sp³-hybridized carbons (Fsp3) is 0.692. The van der Waals surface area contributed by atoms with E-state index in [1.165, 1.54) is 19.3 Å². The van der Waals surface area contributed by atoms with Crippen molar-refractivity contribution in [3.05, 3.63) is 22.1 Å². The van der Waals surface area contributed by atoms with Crippen LogP contribution in [-0.2, 0) is 6.54 Å². The van der Waals surface area contributed by atoms with E-state index in [2.05, 4.69) is 27.1 Å². The van der Waals surface area contributed by atoms with Gasteiger partial charge in [-0.3, -0.25) is 9.78 Å². The largest absolute Gasteiger partial charge is 0.342 e. The minimum atomic E-state index is -0.0566. The predicted molar refractivity (Wildman–Crippen MR) is 72.9 cm³/mol. The highest BCUT2D eigenvalue weighted by atomic mass is 16.1. The lowest BCUT2D eigenvalue weighted by atomic mass is 10.1. The number of anilines is 1. The SMILES string of the molecule is CCCNCc1cc(=O)[nH]c(N2CCCCC2)n1. The van der Waals surface area contributed by atoms with Gasteiger partial charge in [-0.15, -0.1) is 0 Å². The van der Waals surface area contributed by atoms with E-state index in [0.29, 0.717) is 6.54 Å². The van der Waals surface area contributed by atoms with E-state index in [1.807, 2.05) is 0 Å². The summed E-state index contributed by atoms with van der Waals surface area (Å²) in [4.78, 5) is 21.2. The first kappa shape index (κ1) is 13.1. The molecule has 1 aliphatic rings. The molecule has 0 amide bonds. The van der Waals surface area contributed by atoms with Crippen molar-refractivity contribution in [2.24, 2.45) is 0 Å². The van der Waals surface area contributed by atoms with Crippen LogP contribution >= 0.6 is 0 Å². The zero-order valence-electron chi connectivity index (χ0n) is 11.0. The lowest BCUT2D eigenvalue weighted by molar-refractivity contribution is 0.565. The number of nitrogens with zero attached hydrogens (tertiary/aromatic N) is 2. The zero-order valence-corrected chi connectivity index (χ0v) is 11.0. The first-order chi connectivity index (χ1) is 8.79. The van der Waals surface area contributed by atoms with Crippen LogP contribution in [0.5, 0.6) is 0 Å². The lowest BCUT2D eigenvalue weighted by Gasteiger charge is -2.27. The number of H-pyrrole nitrogens is 1. The van der Waals surface area contributed by atoms with Gasteiger partial charge in [-0.25, -0.2) is 4.98 Å². The van der Waals surface area contributed by atoms with Crippen molar-refractivity contribution < 1.29 is 0 Å². The van der Waals surface area contributed by atoms with Crippen LogP contribution in [0.3, 0.4) is 0 Å². The molecule has 0 saturated carbocycles. The zero-order chi connectivity index (χ0) is 12.8. The first-order valence-electron chi connectivity index (χ1n) is 6.85. The van der Waals surface area contributed by atoms with Gasteiger partial charge in [0.15, 0.2) is 0 Å². The number of aromatic amines is 1. The highest BCUT2D eigenvalue weighted by Crippen LogP contribution is 2.14. The van der Waals surface area contributed by atoms with E-state index in [1.54, 1.807) is 6.07 Å². The van der Waals surface area contributed by atoms with Crippen LogP contribution in [0.1, 0.15) is 38.3 Å². The van der Waals surface area contributed by atoms with Crippen molar-refractivity contribution in [2.45, 2.75) is 39.2 Å². The Morgan fingerprint density at radius 1 is 1.39 bits per heavy atom. The summed E-state index contributed by atoms with van der Waals surface area (Å²) in [5, 5.41) is 3.27. The number of nitrogens with one attached hydrogen (secondary N) is 2. The average Bonchev–Trinajstić information content (AvgIpc) is 2.39. The molecule has 2 heterocycles. The molecule has 1 aromatic rings. The van der Waals surface area contributed by atoms with Crippen LogP contribution < -0.4 is 15.8 Å². The summed E-state index contributed by atoms with van der Waals surface area (Å²) >= 11 is 0. The van der Waals surface area contributed by atoms with Gasteiger partial charge in [0.2, 0.25) is 5.95 Å². The molecule has 0 radical (unpaired) electrons. The normalized spacial score (nSPS) is 15.9. The van der Waals surface area contributed by atoms with E-state index in [9.17, 15) is 4.79 Å². The second-order valence-electron chi connectivity index (χ2n) is 4.78. The molecule has 0 bridgehead atoms. The molecule has 0 aliphatic carbocycles. The molecule has 100 valence electrons. The van der Waals surface area contributed by atoms with Crippen molar-refractivity contribution in [1.82, 2.24) is 15.3 Å². The highest BCUT2D eigenvalue weighted by Gasteiger charge is 2.13. The van der Waals surface area contributed by atoms with Gasteiger partial charge in [0.05, 0.1) is 5.69 Å². The fourth-order valence-corrected chi connectivity index (χ4v) is 2.23. The van der Waals surface area contributed by atoms with Crippen molar-refractivity contribution in [1.29, 1.82) is 0 Å². The van der Waals surface area contributed by atoms with Crippen molar-refractivity contribution in [3.63, 3.8) is 0 Å². The van der Waals surface area contributed by atoms with Gasteiger partial charge in [0, 0.05) is 25.7 Å². The lowest BCUT2D eigenvalue weighted by Crippen LogP contribution is -2.33. The predicted octanol–water partition coefficient (Wildman–Crippen LogP) is 1.26. The molecule has 0 aromatic carbocycles. The fourth-order valence-electron chi connectivity index (χ4n) is 2.23. The van der Waals surface area contributed by atoms with Gasteiger partial charge >= 0.3 is 0 Å². The van der Waals surface area contributed by atoms with Crippen LogP contribution in [0.15, 0.2) is 10.9 Å². The molecule has 18 heavy (non-hydrogen) atoms. The van der Waals surface area contributed by atoms with Crippen LogP contribution in [0.4, 0.5) is 5.95 Å². The van der Waals surface area contributed by atoms with E-state index in [0.717, 1.165) is 37.7 Å². The number of rotatable bonds is 5. The second kappa shape index (κ2) is 6.54. The second-order valence-corrected chi connectivity index (χ2v) is 4.78. The molecule has 2 N–H and O–H groups in total. The standard InChI is InChI=1S/C13H22N4O/c1-2-6-14-10-11-9-12(18)16-13(15-11)17-7-4-3-5-8-17/h9,14H,2-8,10H2,1H3,(H,15,16,18). The van der Waals surface area contributed by atoms with Crippen molar-refractivity contribution >= 4 is 5.95 Å². The maximum atomic E-state index is 11.6. The summed E-state index contributed by atoms with van der Waals surface area (Å²) < 4.78 is 0. The Morgan fingerprint density at radius 2 is 2.17 bits per heavy atom. The number of piperidine rings is 1. The summed E-state index contributed by atoms with van der Waals surface area (Å²) in [6, 6.07) is 1.58. The summed E-state index contributed by atoms with van der Waals surface area (Å²) in [6.45, 7) is 5.73. The summed E-state index contributed by atoms with van der Waals surface area (Å²) in [7, 11) is 0. The minimum Gasteiger partial charge on any atom is -0.342 e. The molecular formula is C13H22N4O. The molecule has 5 heteroatoms. The van der Waals surface area contributed by atoms with Crippen molar-refractivity contribution in [2.75, 3.05) is 24.5 Å². The molecule has 2 rings (SSSR count). The topological polar surface area (TPSA) is 61.0 Å². The van der Waals surface area contributed by atoms with Crippen molar-refractivity contribution in [3.8, 4) is 0 Å². The Balaban J connectivity index is 2.07. The molecule has 1 aliphatic heterocycles. The van der Waals surface area contributed by atoms with Gasteiger partial charge in [0.1, 0.15) is 0 Å². The van der Waals surface area contributed by atoms with Gasteiger partial charge in [-0.1, -0.05) is 6.92 Å². The highest BCUT2D eigenvalue weighted by molar-refractivity contribution is 5.30. The van der Waals surface area contributed by atoms with Gasteiger partial charge in [-0.2, -0.15) is 0 Å². The van der Waals surface area contributed by atoms with Crippen LogP contribution in [-0.4, -0.2) is 29.6 Å². The van der Waals surface area contributed by atoms with E-state index < -0.39 is 0 Å². The Hall–Kier alpha value is -1.36. The molecule has 0 spiro atoms. The average molecular weight is 250 g/mol. The summed E-state index contributed by atoms with van der Waals surface area (Å²) in [5.41, 5.74) is 0.770. The van der Waals surface area contributed by atoms with Crippen LogP contribution in [0.2, 0.25) is 0 Å². The van der Waals surface area contributed by atoms with Crippen LogP contribution in [0, 0.1) is 0 Å².